The van der Waals surface area contributed by atoms with Crippen molar-refractivity contribution >= 4 is 0 Å². The van der Waals surface area contributed by atoms with Crippen molar-refractivity contribution in [2.24, 2.45) is 12.8 Å². The summed E-state index contributed by atoms with van der Waals surface area (Å²) in [6.07, 6.45) is 3.16. The second-order valence-corrected chi connectivity index (χ2v) is 5.09. The van der Waals surface area contributed by atoms with Crippen LogP contribution >= 0.6 is 0 Å². The molecule has 1 aromatic heterocycles. The number of hydrogen-bond donors (Lipinski definition) is 1. The molecule has 0 aromatic carbocycles. The molecule has 2 N–H and O–H groups in total. The molecule has 1 atom stereocenters. The molecule has 18 heavy (non-hydrogen) atoms. The van der Waals surface area contributed by atoms with E-state index < -0.39 is 0 Å². The number of aryl methyl sites for hydroxylation is 1. The molecule has 0 radical (unpaired) electrons. The van der Waals surface area contributed by atoms with Crippen LogP contribution in [0.4, 0.5) is 0 Å². The quantitative estimate of drug-likeness (QED) is 0.816. The third kappa shape index (κ3) is 3.31. The first-order valence-electron chi connectivity index (χ1n) is 6.88. The lowest BCUT2D eigenvalue weighted by atomic mass is 10.1. The van der Waals surface area contributed by atoms with Gasteiger partial charge in [0, 0.05) is 58.6 Å². The summed E-state index contributed by atoms with van der Waals surface area (Å²) in [5.74, 6) is 0. The van der Waals surface area contributed by atoms with Gasteiger partial charge in [0.25, 0.3) is 0 Å². The Morgan fingerprint density at radius 3 is 2.56 bits per heavy atom. The van der Waals surface area contributed by atoms with Gasteiger partial charge in [0.05, 0.1) is 5.69 Å². The Balaban J connectivity index is 1.79. The first kappa shape index (κ1) is 13.5. The van der Waals surface area contributed by atoms with Crippen LogP contribution in [0.1, 0.15) is 19.0 Å². The van der Waals surface area contributed by atoms with E-state index in [-0.39, 0.29) is 0 Å². The van der Waals surface area contributed by atoms with Crippen molar-refractivity contribution in [2.45, 2.75) is 25.9 Å². The van der Waals surface area contributed by atoms with Gasteiger partial charge in [-0.05, 0) is 12.5 Å². The summed E-state index contributed by atoms with van der Waals surface area (Å²) in [4.78, 5) is 5.00. The van der Waals surface area contributed by atoms with Gasteiger partial charge in [0.2, 0.25) is 0 Å². The molecule has 1 aromatic rings. The van der Waals surface area contributed by atoms with E-state index >= 15 is 0 Å². The molecule has 1 aliphatic rings. The largest absolute Gasteiger partial charge is 0.329 e. The summed E-state index contributed by atoms with van der Waals surface area (Å²) in [6, 6.07) is 2.66. The van der Waals surface area contributed by atoms with E-state index in [4.69, 9.17) is 5.73 Å². The van der Waals surface area contributed by atoms with Crippen LogP contribution in [-0.2, 0) is 13.6 Å². The van der Waals surface area contributed by atoms with E-state index in [1.165, 1.54) is 0 Å². The standard InChI is InChI=1S/C13H25N5/c1-3-13(10-14)18-8-6-17(7-9-18)11-12-4-5-16(2)15-12/h4-5,13H,3,6-11,14H2,1-2H3. The van der Waals surface area contributed by atoms with Crippen LogP contribution in [0.15, 0.2) is 12.3 Å². The van der Waals surface area contributed by atoms with Crippen molar-refractivity contribution in [3.63, 3.8) is 0 Å². The van der Waals surface area contributed by atoms with Gasteiger partial charge >= 0.3 is 0 Å². The molecule has 0 bridgehead atoms. The lowest BCUT2D eigenvalue weighted by molar-refractivity contribution is 0.0918. The van der Waals surface area contributed by atoms with Crippen LogP contribution in [0.2, 0.25) is 0 Å². The van der Waals surface area contributed by atoms with Crippen LogP contribution < -0.4 is 5.73 Å². The average Bonchev–Trinajstić information content (AvgIpc) is 2.78. The number of nitrogens with two attached hydrogens (primary N) is 1. The number of rotatable bonds is 5. The Bertz CT molecular complexity index is 350. The average molecular weight is 251 g/mol. The Labute approximate surface area is 110 Å². The fraction of sp³-hybridized carbons (Fsp3) is 0.769. The Kier molecular flexibility index (Phi) is 4.74. The van der Waals surface area contributed by atoms with Gasteiger partial charge in [-0.15, -0.1) is 0 Å². The van der Waals surface area contributed by atoms with Crippen molar-refractivity contribution in [3.05, 3.63) is 18.0 Å². The normalized spacial score (nSPS) is 20.2. The molecule has 0 spiro atoms. The van der Waals surface area contributed by atoms with Crippen LogP contribution in [0.25, 0.3) is 0 Å². The zero-order valence-corrected chi connectivity index (χ0v) is 11.5. The third-order valence-corrected chi connectivity index (χ3v) is 3.82. The minimum absolute atomic E-state index is 0.557. The fourth-order valence-corrected chi connectivity index (χ4v) is 2.64. The predicted octanol–water partition coefficient (Wildman–Crippen LogP) is 0.275. The summed E-state index contributed by atoms with van der Waals surface area (Å²) in [6.45, 7) is 8.45. The summed E-state index contributed by atoms with van der Waals surface area (Å²) in [5, 5.41) is 4.43. The summed E-state index contributed by atoms with van der Waals surface area (Å²) in [5.41, 5.74) is 6.97. The van der Waals surface area contributed by atoms with E-state index in [1.54, 1.807) is 0 Å². The van der Waals surface area contributed by atoms with Crippen LogP contribution in [0, 0.1) is 0 Å². The first-order chi connectivity index (χ1) is 8.72. The van der Waals surface area contributed by atoms with Crippen molar-refractivity contribution in [3.8, 4) is 0 Å². The third-order valence-electron chi connectivity index (χ3n) is 3.82. The van der Waals surface area contributed by atoms with Gasteiger partial charge in [-0.2, -0.15) is 5.10 Å². The van der Waals surface area contributed by atoms with Gasteiger partial charge in [-0.3, -0.25) is 14.5 Å². The number of aromatic nitrogens is 2. The van der Waals surface area contributed by atoms with Crippen molar-refractivity contribution in [2.75, 3.05) is 32.7 Å². The van der Waals surface area contributed by atoms with Crippen molar-refractivity contribution < 1.29 is 0 Å². The number of piperazine rings is 1. The smallest absolute Gasteiger partial charge is 0.0764 e. The number of hydrogen-bond acceptors (Lipinski definition) is 4. The maximum absolute atomic E-state index is 5.81. The maximum atomic E-state index is 5.81. The van der Waals surface area contributed by atoms with Gasteiger partial charge < -0.3 is 5.73 Å². The molecular weight excluding hydrogens is 226 g/mol. The highest BCUT2D eigenvalue weighted by Gasteiger charge is 2.22. The molecule has 5 nitrogen and oxygen atoms in total. The zero-order valence-electron chi connectivity index (χ0n) is 11.5. The van der Waals surface area contributed by atoms with Crippen molar-refractivity contribution in [1.29, 1.82) is 0 Å². The molecule has 2 rings (SSSR count). The predicted molar refractivity (Wildman–Crippen MR) is 73.2 cm³/mol. The molecule has 0 aliphatic carbocycles. The van der Waals surface area contributed by atoms with E-state index in [1.807, 2.05) is 17.9 Å². The Hall–Kier alpha value is -0.910. The van der Waals surface area contributed by atoms with E-state index in [0.717, 1.165) is 51.4 Å². The lowest BCUT2D eigenvalue weighted by Crippen LogP contribution is -2.51. The van der Waals surface area contributed by atoms with Crippen LogP contribution in [0.3, 0.4) is 0 Å². The highest BCUT2D eigenvalue weighted by Crippen LogP contribution is 2.10. The topological polar surface area (TPSA) is 50.3 Å². The zero-order chi connectivity index (χ0) is 13.0. The first-order valence-corrected chi connectivity index (χ1v) is 6.88. The maximum Gasteiger partial charge on any atom is 0.0764 e. The minimum atomic E-state index is 0.557. The molecular formula is C13H25N5. The second-order valence-electron chi connectivity index (χ2n) is 5.09. The minimum Gasteiger partial charge on any atom is -0.329 e. The van der Waals surface area contributed by atoms with Gasteiger partial charge in [-0.1, -0.05) is 6.92 Å². The molecule has 5 heteroatoms. The molecule has 1 fully saturated rings. The number of nitrogens with zero attached hydrogens (tertiary/aromatic N) is 4. The highest BCUT2D eigenvalue weighted by atomic mass is 15.3. The van der Waals surface area contributed by atoms with Crippen molar-refractivity contribution in [1.82, 2.24) is 19.6 Å². The molecule has 0 saturated carbocycles. The Morgan fingerprint density at radius 1 is 1.33 bits per heavy atom. The van der Waals surface area contributed by atoms with E-state index in [2.05, 4.69) is 27.9 Å². The summed E-state index contributed by atoms with van der Waals surface area (Å²) >= 11 is 0. The molecule has 1 unspecified atom stereocenters. The van der Waals surface area contributed by atoms with Gasteiger partial charge in [-0.25, -0.2) is 0 Å². The molecule has 1 saturated heterocycles. The van der Waals surface area contributed by atoms with Crippen LogP contribution in [-0.4, -0.2) is 58.3 Å². The fourth-order valence-electron chi connectivity index (χ4n) is 2.64. The van der Waals surface area contributed by atoms with E-state index in [9.17, 15) is 0 Å². The van der Waals surface area contributed by atoms with E-state index in [0.29, 0.717) is 6.04 Å². The SMILES string of the molecule is CCC(CN)N1CCN(Cc2ccn(C)n2)CC1. The van der Waals surface area contributed by atoms with Gasteiger partial charge in [0.1, 0.15) is 0 Å². The molecule has 102 valence electrons. The molecule has 2 heterocycles. The van der Waals surface area contributed by atoms with Gasteiger partial charge in [0.15, 0.2) is 0 Å². The van der Waals surface area contributed by atoms with Crippen LogP contribution in [0.5, 0.6) is 0 Å². The molecule has 1 aliphatic heterocycles. The monoisotopic (exact) mass is 251 g/mol. The molecule has 0 amide bonds. The Morgan fingerprint density at radius 2 is 2.06 bits per heavy atom. The second kappa shape index (κ2) is 6.31. The summed E-state index contributed by atoms with van der Waals surface area (Å²) in [7, 11) is 1.97. The lowest BCUT2D eigenvalue weighted by Gasteiger charge is -2.38. The highest BCUT2D eigenvalue weighted by molar-refractivity contribution is 4.98. The summed E-state index contributed by atoms with van der Waals surface area (Å²) < 4.78 is 1.87.